The van der Waals surface area contributed by atoms with Gasteiger partial charge in [0.15, 0.2) is 0 Å². The number of benzene rings is 3. The highest BCUT2D eigenvalue weighted by Gasteiger charge is 2.22. The zero-order valence-electron chi connectivity index (χ0n) is 16.0. The van der Waals surface area contributed by atoms with Gasteiger partial charge in [0.2, 0.25) is 0 Å². The highest BCUT2D eigenvalue weighted by Crippen LogP contribution is 2.29. The Morgan fingerprint density at radius 1 is 0.828 bits per heavy atom. The van der Waals surface area contributed by atoms with Crippen LogP contribution in [0.3, 0.4) is 0 Å². The Labute approximate surface area is 180 Å². The van der Waals surface area contributed by atoms with E-state index in [0.717, 1.165) is 35.7 Å². The van der Waals surface area contributed by atoms with Gasteiger partial charge in [-0.05, 0) is 35.4 Å². The van der Waals surface area contributed by atoms with Crippen LogP contribution in [0.1, 0.15) is 17.2 Å². The summed E-state index contributed by atoms with van der Waals surface area (Å²) in [4.78, 5) is 2.39. The molecule has 0 saturated heterocycles. The second-order valence-corrected chi connectivity index (χ2v) is 7.71. The second kappa shape index (κ2) is 9.40. The predicted molar refractivity (Wildman–Crippen MR) is 120 cm³/mol. The molecule has 0 saturated carbocycles. The molecule has 3 aromatic carbocycles. The van der Waals surface area contributed by atoms with Crippen LogP contribution >= 0.6 is 23.2 Å². The molecular weight excluding hydrogens is 403 g/mol. The summed E-state index contributed by atoms with van der Waals surface area (Å²) in [6, 6.07) is 26.7. The summed E-state index contributed by atoms with van der Waals surface area (Å²) in [5.74, 6) is 0.551. The normalized spacial score (nSPS) is 12.5. The van der Waals surface area contributed by atoms with E-state index in [0.29, 0.717) is 5.88 Å². The Hall–Kier alpha value is -2.40. The summed E-state index contributed by atoms with van der Waals surface area (Å²) in [7, 11) is 0. The van der Waals surface area contributed by atoms with Crippen molar-refractivity contribution in [1.29, 1.82) is 0 Å². The summed E-state index contributed by atoms with van der Waals surface area (Å²) in [6.45, 7) is 2.28. The molecule has 0 bridgehead atoms. The standard InChI is InChI=1S/C23H22Cl2N4/c24-14-15-28(16-17-29-22-9-5-4-8-21(22)26-27-29)23(18-6-2-1-3-7-18)19-10-12-20(25)13-11-19/h1-13,23H,14-17H2. The number of para-hydroxylation sites is 1. The molecule has 0 aliphatic rings. The number of alkyl halides is 1. The Morgan fingerprint density at radius 2 is 1.52 bits per heavy atom. The Kier molecular flexibility index (Phi) is 6.45. The van der Waals surface area contributed by atoms with Crippen LogP contribution < -0.4 is 0 Å². The van der Waals surface area contributed by atoms with E-state index in [1.165, 1.54) is 11.1 Å². The Bertz CT molecular complexity index is 1050. The van der Waals surface area contributed by atoms with Crippen LogP contribution in [0.25, 0.3) is 11.0 Å². The van der Waals surface area contributed by atoms with Crippen LogP contribution in [-0.4, -0.2) is 38.9 Å². The third kappa shape index (κ3) is 4.61. The number of hydrogen-bond donors (Lipinski definition) is 0. The first-order valence-electron chi connectivity index (χ1n) is 9.65. The lowest BCUT2D eigenvalue weighted by molar-refractivity contribution is 0.226. The van der Waals surface area contributed by atoms with Crippen molar-refractivity contribution in [2.45, 2.75) is 12.6 Å². The van der Waals surface area contributed by atoms with Gasteiger partial charge in [-0.1, -0.05) is 71.4 Å². The lowest BCUT2D eigenvalue weighted by atomic mass is 9.97. The Balaban J connectivity index is 1.64. The molecule has 1 unspecified atom stereocenters. The summed E-state index contributed by atoms with van der Waals surface area (Å²) >= 11 is 12.3. The van der Waals surface area contributed by atoms with Crippen LogP contribution in [0.2, 0.25) is 5.02 Å². The van der Waals surface area contributed by atoms with Crippen LogP contribution in [0.5, 0.6) is 0 Å². The summed E-state index contributed by atoms with van der Waals surface area (Å²) < 4.78 is 1.96. The Morgan fingerprint density at radius 3 is 2.28 bits per heavy atom. The third-order valence-corrected chi connectivity index (χ3v) is 5.48. The van der Waals surface area contributed by atoms with E-state index < -0.39 is 0 Å². The molecule has 0 fully saturated rings. The van der Waals surface area contributed by atoms with Crippen LogP contribution in [0.15, 0.2) is 78.9 Å². The molecule has 0 aliphatic carbocycles. The predicted octanol–water partition coefficient (Wildman–Crippen LogP) is 5.42. The minimum atomic E-state index is 0.0852. The van der Waals surface area contributed by atoms with E-state index in [2.05, 4.69) is 57.7 Å². The first kappa shape index (κ1) is 19.9. The van der Waals surface area contributed by atoms with Crippen molar-refractivity contribution in [3.63, 3.8) is 0 Å². The number of hydrogen-bond acceptors (Lipinski definition) is 3. The van der Waals surface area contributed by atoms with Gasteiger partial charge in [0.1, 0.15) is 5.52 Å². The van der Waals surface area contributed by atoms with Gasteiger partial charge < -0.3 is 0 Å². The van der Waals surface area contributed by atoms with Crippen molar-refractivity contribution in [3.05, 3.63) is 95.0 Å². The van der Waals surface area contributed by atoms with Gasteiger partial charge in [0.25, 0.3) is 0 Å². The van der Waals surface area contributed by atoms with E-state index >= 15 is 0 Å². The number of halogens is 2. The SMILES string of the molecule is ClCCN(CCn1nnc2ccccc21)C(c1ccccc1)c1ccc(Cl)cc1. The molecule has 4 rings (SSSR count). The molecule has 29 heavy (non-hydrogen) atoms. The van der Waals surface area contributed by atoms with Crippen LogP contribution in [0.4, 0.5) is 0 Å². The lowest BCUT2D eigenvalue weighted by Gasteiger charge is -2.32. The van der Waals surface area contributed by atoms with E-state index in [1.807, 2.05) is 41.1 Å². The van der Waals surface area contributed by atoms with Gasteiger partial charge in [-0.3, -0.25) is 4.90 Å². The van der Waals surface area contributed by atoms with E-state index in [4.69, 9.17) is 23.2 Å². The largest absolute Gasteiger partial charge is 0.289 e. The molecule has 1 heterocycles. The molecular formula is C23H22Cl2N4. The average molecular weight is 425 g/mol. The van der Waals surface area contributed by atoms with Crippen molar-refractivity contribution in [2.75, 3.05) is 19.0 Å². The zero-order chi connectivity index (χ0) is 20.1. The van der Waals surface area contributed by atoms with Gasteiger partial charge >= 0.3 is 0 Å². The average Bonchev–Trinajstić information content (AvgIpc) is 3.17. The molecule has 4 nitrogen and oxygen atoms in total. The molecule has 1 atom stereocenters. The number of nitrogens with zero attached hydrogens (tertiary/aromatic N) is 4. The van der Waals surface area contributed by atoms with Gasteiger partial charge in [0, 0.05) is 24.0 Å². The molecule has 6 heteroatoms. The number of rotatable bonds is 8. The maximum absolute atomic E-state index is 6.20. The maximum atomic E-state index is 6.20. The maximum Gasteiger partial charge on any atom is 0.113 e. The van der Waals surface area contributed by atoms with Crippen molar-refractivity contribution in [1.82, 2.24) is 19.9 Å². The first-order valence-corrected chi connectivity index (χ1v) is 10.6. The highest BCUT2D eigenvalue weighted by atomic mass is 35.5. The molecule has 0 spiro atoms. The first-order chi connectivity index (χ1) is 14.3. The fourth-order valence-electron chi connectivity index (χ4n) is 3.68. The number of fused-ring (bicyclic) bond motifs is 1. The smallest absolute Gasteiger partial charge is 0.113 e. The monoisotopic (exact) mass is 424 g/mol. The van der Waals surface area contributed by atoms with Gasteiger partial charge in [-0.25, -0.2) is 4.68 Å². The van der Waals surface area contributed by atoms with Crippen LogP contribution in [-0.2, 0) is 6.54 Å². The highest BCUT2D eigenvalue weighted by molar-refractivity contribution is 6.30. The summed E-state index contributed by atoms with van der Waals surface area (Å²) in [5.41, 5.74) is 4.37. The molecule has 0 radical (unpaired) electrons. The molecule has 148 valence electrons. The number of aromatic nitrogens is 3. The van der Waals surface area contributed by atoms with Gasteiger partial charge in [-0.15, -0.1) is 16.7 Å². The second-order valence-electron chi connectivity index (χ2n) is 6.89. The van der Waals surface area contributed by atoms with Crippen molar-refractivity contribution >= 4 is 34.2 Å². The molecule has 0 N–H and O–H groups in total. The summed E-state index contributed by atoms with van der Waals surface area (Å²) in [5, 5.41) is 9.34. The van der Waals surface area contributed by atoms with Gasteiger partial charge in [-0.2, -0.15) is 0 Å². The molecule has 4 aromatic rings. The quantitative estimate of drug-likeness (QED) is 0.354. The molecule has 0 amide bonds. The fraction of sp³-hybridized carbons (Fsp3) is 0.217. The minimum Gasteiger partial charge on any atom is -0.289 e. The van der Waals surface area contributed by atoms with E-state index in [9.17, 15) is 0 Å². The zero-order valence-corrected chi connectivity index (χ0v) is 17.5. The van der Waals surface area contributed by atoms with Crippen LogP contribution in [0, 0.1) is 0 Å². The third-order valence-electron chi connectivity index (χ3n) is 5.06. The molecule has 1 aromatic heterocycles. The minimum absolute atomic E-state index is 0.0852. The van der Waals surface area contributed by atoms with Crippen molar-refractivity contribution in [3.8, 4) is 0 Å². The fourth-order valence-corrected chi connectivity index (χ4v) is 4.02. The van der Waals surface area contributed by atoms with Crippen molar-refractivity contribution in [2.24, 2.45) is 0 Å². The summed E-state index contributed by atoms with van der Waals surface area (Å²) in [6.07, 6.45) is 0. The van der Waals surface area contributed by atoms with E-state index in [1.54, 1.807) is 0 Å². The lowest BCUT2D eigenvalue weighted by Crippen LogP contribution is -2.34. The topological polar surface area (TPSA) is 34.0 Å². The van der Waals surface area contributed by atoms with Gasteiger partial charge in [0.05, 0.1) is 18.1 Å². The molecule has 0 aliphatic heterocycles. The van der Waals surface area contributed by atoms with E-state index in [-0.39, 0.29) is 6.04 Å². The van der Waals surface area contributed by atoms with Crippen molar-refractivity contribution < 1.29 is 0 Å².